The summed E-state index contributed by atoms with van der Waals surface area (Å²) in [5.74, 6) is -0.0479. The fourth-order valence-electron chi connectivity index (χ4n) is 1.93. The summed E-state index contributed by atoms with van der Waals surface area (Å²) in [5.41, 5.74) is 5.07. The molecule has 3 heterocycles. The van der Waals surface area contributed by atoms with Gasteiger partial charge < -0.3 is 21.2 Å². The van der Waals surface area contributed by atoms with Crippen LogP contribution in [0.2, 0.25) is 0 Å². The van der Waals surface area contributed by atoms with Crippen molar-refractivity contribution in [3.8, 4) is 0 Å². The highest BCUT2D eigenvalue weighted by molar-refractivity contribution is 7.15. The van der Waals surface area contributed by atoms with E-state index in [-0.39, 0.29) is 18.1 Å². The average molecular weight is 321 g/mol. The third-order valence-corrected chi connectivity index (χ3v) is 3.64. The van der Waals surface area contributed by atoms with Crippen LogP contribution in [0, 0.1) is 10.1 Å². The molecule has 3 N–H and O–H groups in total. The van der Waals surface area contributed by atoms with E-state index in [0.29, 0.717) is 17.3 Å². The monoisotopic (exact) mass is 321 g/mol. The molecule has 0 aliphatic carbocycles. The maximum absolute atomic E-state index is 11.2. The van der Waals surface area contributed by atoms with Crippen molar-refractivity contribution in [2.75, 3.05) is 5.32 Å². The number of aryl methyl sites for hydroxylation is 1. The standard InChI is InChI=1S/C11H11N7O3S/c12-7(19)1-3-16-4-2-8(15-16)13-9-10(18(20)21)17-5-6-22-11(17)14-9/h2,4-6H,1,3H2,(H2,12,19)(H,13,15). The molecule has 0 aliphatic heterocycles. The number of carbonyl (C=O) groups excluding carboxylic acids is 1. The van der Waals surface area contributed by atoms with Gasteiger partial charge in [-0.3, -0.25) is 9.48 Å². The summed E-state index contributed by atoms with van der Waals surface area (Å²) in [6.45, 7) is 0.345. The number of anilines is 2. The highest BCUT2D eigenvalue weighted by Gasteiger charge is 2.24. The summed E-state index contributed by atoms with van der Waals surface area (Å²) in [6, 6.07) is 1.64. The average Bonchev–Trinajstić information content (AvgIpc) is 3.11. The number of rotatable bonds is 6. The van der Waals surface area contributed by atoms with Crippen molar-refractivity contribution < 1.29 is 9.72 Å². The van der Waals surface area contributed by atoms with Gasteiger partial charge >= 0.3 is 5.82 Å². The number of aromatic nitrogens is 4. The fraction of sp³-hybridized carbons (Fsp3) is 0.182. The van der Waals surface area contributed by atoms with E-state index >= 15 is 0 Å². The number of nitrogens with zero attached hydrogens (tertiary/aromatic N) is 5. The third-order valence-electron chi connectivity index (χ3n) is 2.88. The van der Waals surface area contributed by atoms with E-state index in [1.165, 1.54) is 20.4 Å². The molecular formula is C11H11N7O3S. The smallest absolute Gasteiger partial charge is 0.370 e. The summed E-state index contributed by atoms with van der Waals surface area (Å²) in [6.07, 6.45) is 3.40. The number of thiazole rings is 1. The Bertz CT molecular complexity index is 849. The summed E-state index contributed by atoms with van der Waals surface area (Å²) >= 11 is 1.30. The lowest BCUT2D eigenvalue weighted by molar-refractivity contribution is -0.389. The molecule has 0 bridgehead atoms. The Morgan fingerprint density at radius 1 is 1.50 bits per heavy atom. The van der Waals surface area contributed by atoms with Crippen molar-refractivity contribution in [1.29, 1.82) is 0 Å². The minimum Gasteiger partial charge on any atom is -0.370 e. The summed E-state index contributed by atoms with van der Waals surface area (Å²) in [5, 5.41) is 19.9. The molecule has 11 heteroatoms. The minimum atomic E-state index is -0.501. The van der Waals surface area contributed by atoms with Gasteiger partial charge in [0, 0.05) is 30.6 Å². The molecule has 0 unspecified atom stereocenters. The van der Waals surface area contributed by atoms with E-state index < -0.39 is 10.8 Å². The molecule has 0 fully saturated rings. The van der Waals surface area contributed by atoms with Gasteiger partial charge in [0.1, 0.15) is 6.20 Å². The van der Waals surface area contributed by atoms with Crippen LogP contribution in [0.25, 0.3) is 4.96 Å². The van der Waals surface area contributed by atoms with E-state index in [9.17, 15) is 14.9 Å². The molecule has 10 nitrogen and oxygen atoms in total. The molecular weight excluding hydrogens is 310 g/mol. The molecule has 3 rings (SSSR count). The van der Waals surface area contributed by atoms with Crippen molar-refractivity contribution in [3.63, 3.8) is 0 Å². The molecule has 0 spiro atoms. The molecule has 3 aromatic rings. The maximum atomic E-state index is 11.2. The Kier molecular flexibility index (Phi) is 3.47. The molecule has 0 radical (unpaired) electrons. The summed E-state index contributed by atoms with van der Waals surface area (Å²) < 4.78 is 2.93. The first-order valence-electron chi connectivity index (χ1n) is 6.23. The van der Waals surface area contributed by atoms with Gasteiger partial charge in [-0.1, -0.05) is 11.3 Å². The zero-order valence-corrected chi connectivity index (χ0v) is 12.0. The number of hydrogen-bond donors (Lipinski definition) is 2. The Morgan fingerprint density at radius 3 is 3.05 bits per heavy atom. The van der Waals surface area contributed by atoms with Crippen LogP contribution in [-0.4, -0.2) is 30.0 Å². The number of imidazole rings is 1. The van der Waals surface area contributed by atoms with Crippen LogP contribution in [0.5, 0.6) is 0 Å². The Labute approximate surface area is 127 Å². The number of amides is 1. The SMILES string of the molecule is NC(=O)CCn1ccc(Nc2nc3sccn3c2[N+](=O)[O-])n1. The lowest BCUT2D eigenvalue weighted by atomic mass is 10.4. The van der Waals surface area contributed by atoms with E-state index in [0.717, 1.165) is 0 Å². The molecule has 0 atom stereocenters. The topological polar surface area (TPSA) is 133 Å². The van der Waals surface area contributed by atoms with Gasteiger partial charge in [-0.25, -0.2) is 0 Å². The normalized spacial score (nSPS) is 10.9. The van der Waals surface area contributed by atoms with Crippen LogP contribution in [0.4, 0.5) is 17.5 Å². The highest BCUT2D eigenvalue weighted by atomic mass is 32.1. The Morgan fingerprint density at radius 2 is 2.32 bits per heavy atom. The Balaban J connectivity index is 1.84. The van der Waals surface area contributed by atoms with E-state index in [1.54, 1.807) is 23.8 Å². The van der Waals surface area contributed by atoms with Gasteiger partial charge in [-0.05, 0) is 4.92 Å². The molecule has 0 saturated heterocycles. The van der Waals surface area contributed by atoms with Gasteiger partial charge in [-0.2, -0.15) is 14.5 Å². The van der Waals surface area contributed by atoms with Gasteiger partial charge in [0.25, 0.3) is 4.96 Å². The largest absolute Gasteiger partial charge is 0.373 e. The van der Waals surface area contributed by atoms with E-state index in [2.05, 4.69) is 15.4 Å². The number of fused-ring (bicyclic) bond motifs is 1. The van der Waals surface area contributed by atoms with Crippen LogP contribution < -0.4 is 11.1 Å². The summed E-state index contributed by atoms with van der Waals surface area (Å²) in [7, 11) is 0. The van der Waals surface area contributed by atoms with Crippen molar-refractivity contribution in [2.24, 2.45) is 5.73 Å². The molecule has 22 heavy (non-hydrogen) atoms. The van der Waals surface area contributed by atoms with Crippen molar-refractivity contribution in [3.05, 3.63) is 34.0 Å². The van der Waals surface area contributed by atoms with Crippen molar-refractivity contribution in [2.45, 2.75) is 13.0 Å². The first kappa shape index (κ1) is 14.0. The quantitative estimate of drug-likeness (QED) is 0.516. The summed E-state index contributed by atoms with van der Waals surface area (Å²) in [4.78, 5) is 26.1. The number of nitro groups is 1. The van der Waals surface area contributed by atoms with Gasteiger partial charge in [0.2, 0.25) is 11.7 Å². The van der Waals surface area contributed by atoms with Crippen molar-refractivity contribution in [1.82, 2.24) is 19.2 Å². The number of primary amides is 1. The second-order valence-corrected chi connectivity index (χ2v) is 5.28. The second-order valence-electron chi connectivity index (χ2n) is 4.40. The van der Waals surface area contributed by atoms with Crippen LogP contribution in [-0.2, 0) is 11.3 Å². The zero-order chi connectivity index (χ0) is 15.7. The minimum absolute atomic E-state index is 0.122. The Hall–Kier alpha value is -2.95. The predicted octanol–water partition coefficient (Wildman–Crippen LogP) is 1.12. The molecule has 1 amide bonds. The number of carbonyl (C=O) groups is 1. The van der Waals surface area contributed by atoms with Crippen LogP contribution >= 0.6 is 11.3 Å². The van der Waals surface area contributed by atoms with Gasteiger partial charge in [-0.15, -0.1) is 0 Å². The maximum Gasteiger partial charge on any atom is 0.373 e. The number of nitrogens with two attached hydrogens (primary N) is 1. The fourth-order valence-corrected chi connectivity index (χ4v) is 2.64. The van der Waals surface area contributed by atoms with E-state index in [1.807, 2.05) is 0 Å². The third kappa shape index (κ3) is 2.61. The lowest BCUT2D eigenvalue weighted by Gasteiger charge is -2.00. The molecule has 0 aromatic carbocycles. The molecule has 3 aromatic heterocycles. The molecule has 0 aliphatic rings. The van der Waals surface area contributed by atoms with Crippen molar-refractivity contribution >= 4 is 39.7 Å². The molecule has 114 valence electrons. The second kappa shape index (κ2) is 5.44. The van der Waals surface area contributed by atoms with Crippen LogP contribution in [0.1, 0.15) is 6.42 Å². The van der Waals surface area contributed by atoms with E-state index in [4.69, 9.17) is 5.73 Å². The van der Waals surface area contributed by atoms with Gasteiger partial charge in [0.05, 0.1) is 0 Å². The zero-order valence-electron chi connectivity index (χ0n) is 11.2. The molecule has 0 saturated carbocycles. The first-order chi connectivity index (χ1) is 10.5. The predicted molar refractivity (Wildman–Crippen MR) is 79.0 cm³/mol. The van der Waals surface area contributed by atoms with Gasteiger partial charge in [0.15, 0.2) is 5.82 Å². The lowest BCUT2D eigenvalue weighted by Crippen LogP contribution is -2.14. The number of hydrogen-bond acceptors (Lipinski definition) is 7. The number of nitrogens with one attached hydrogen (secondary N) is 1. The van der Waals surface area contributed by atoms with Crippen LogP contribution in [0.15, 0.2) is 23.8 Å². The van der Waals surface area contributed by atoms with Crippen LogP contribution in [0.3, 0.4) is 0 Å². The highest BCUT2D eigenvalue weighted by Crippen LogP contribution is 2.29. The first-order valence-corrected chi connectivity index (χ1v) is 7.11.